The van der Waals surface area contributed by atoms with Crippen molar-refractivity contribution in [2.75, 3.05) is 55.9 Å². The summed E-state index contributed by atoms with van der Waals surface area (Å²) in [6.45, 7) is 16.2. The summed E-state index contributed by atoms with van der Waals surface area (Å²) in [5, 5.41) is 37.0. The van der Waals surface area contributed by atoms with E-state index < -0.39 is 97.5 Å². The summed E-state index contributed by atoms with van der Waals surface area (Å²) in [5.41, 5.74) is 6.86. The number of hydrogen-bond donors (Lipinski definition) is 10. The predicted molar refractivity (Wildman–Crippen MR) is 466 cm³/mol. The largest absolute Gasteiger partial charge is 0.506 e. The van der Waals surface area contributed by atoms with E-state index in [1.807, 2.05) is 42.8 Å². The molecule has 2 atom stereocenters. The van der Waals surface area contributed by atoms with Crippen molar-refractivity contribution in [3.05, 3.63) is 276 Å². The van der Waals surface area contributed by atoms with Gasteiger partial charge in [0.2, 0.25) is 20.0 Å². The van der Waals surface area contributed by atoms with Crippen LogP contribution in [0.15, 0.2) is 247 Å². The Morgan fingerprint density at radius 1 is 0.423 bits per heavy atom. The first kappa shape index (κ1) is 94.6. The number of amides is 4. The van der Waals surface area contributed by atoms with E-state index in [9.17, 15) is 75.0 Å². The number of carbonyl (C=O) groups is 5. The Kier molecular flexibility index (Phi) is 34.6. The van der Waals surface area contributed by atoms with E-state index in [0.717, 1.165) is 62.4 Å². The number of nitrogens with two attached hydrogens (primary N) is 1. The van der Waals surface area contributed by atoms with Gasteiger partial charge in [-0.15, -0.1) is 0 Å². The van der Waals surface area contributed by atoms with Crippen molar-refractivity contribution in [3.63, 3.8) is 0 Å². The van der Waals surface area contributed by atoms with Gasteiger partial charge in [-0.2, -0.15) is 9.44 Å². The Morgan fingerprint density at radius 3 is 1.15 bits per heavy atom. The molecule has 2 aromatic carbocycles. The third kappa shape index (κ3) is 27.9. The average Bonchev–Trinajstić information content (AvgIpc) is 0.804. The van der Waals surface area contributed by atoms with Crippen molar-refractivity contribution in [2.45, 2.75) is 134 Å². The van der Waals surface area contributed by atoms with Gasteiger partial charge >= 0.3 is 30.0 Å². The minimum absolute atomic E-state index is 0.0191. The zero-order valence-corrected chi connectivity index (χ0v) is 70.6. The molecule has 0 bridgehead atoms. The van der Waals surface area contributed by atoms with Gasteiger partial charge in [-0.25, -0.2) is 31.2 Å². The molecule has 34 nitrogen and oxygen atoms in total. The number of aromatic nitrogens is 5. The third-order valence-corrected chi connectivity index (χ3v) is 20.7. The van der Waals surface area contributed by atoms with E-state index in [1.54, 1.807) is 143 Å². The fourth-order valence-corrected chi connectivity index (χ4v) is 13.6. The van der Waals surface area contributed by atoms with Crippen molar-refractivity contribution in [1.82, 2.24) is 42.1 Å². The second-order valence-electron chi connectivity index (χ2n) is 28.5. The SMILES string of the molecule is CCCCOc1ccc2ccc(C(=O)O)c(=O)n2c1.CCCCOc1ccc2ccc(N)c(=O)n2c1.CCCCOc1ccc2ccc(NC(=O)NC[C@H](NS(=O)(=O)c3ccccc3)C(=O)O)c(=O)n2c1.CCCCOc1ccc2ccc(NC(=O)NC[C@H](NS(=O)(=O)c3ccccc3)C(=O)OC(C)(C)C)c(=O)n2c1.Cc1ccc2ccc(O)cn2c1=O. The van der Waals surface area contributed by atoms with Crippen molar-refractivity contribution in [3.8, 4) is 28.7 Å². The van der Waals surface area contributed by atoms with Crippen molar-refractivity contribution in [1.29, 1.82) is 0 Å². The standard InChI is InChI=1S/C27H34N4O7S.C23H26N4O7S.C14H15NO4.C13H16N2O2.C10H9NO2/c1-5-6-16-37-20-14-12-19-13-15-22(24(32)31(19)18-20)29-26(34)28-17-23(25(33)38-27(2,3)4)30-39(35,36)21-10-8-7-9-11-21;1-2-3-13-34-17-11-9-16-10-12-19(21(28)27(16)15-17)25-23(31)24-14-20(22(29)30)26-35(32,33)18-7-5-4-6-8-18;1-2-3-8-19-11-6-4-10-5-7-12(14(17)18)13(16)15(10)9-11;1-2-3-8-17-11-6-4-10-5-7-12(14)13(16)15(10)9-11;1-7-2-3-8-4-5-9(12)6-11(8)10(7)13/h7-15,18,23,30H,5-6,16-17H2,1-4H3,(H2,28,29,34);4-12,15,20,26H,2-3,13-14H2,1H3,(H,29,30)(H2,24,25,31);4-7,9H,2-3,8H2,1H3,(H,17,18);4-7,9H,2-3,8,14H2,1H3;2-6,12H,1H3/t23-;20-;;;/m00.../s1. The highest BCUT2D eigenvalue weighted by molar-refractivity contribution is 7.89. The normalized spacial score (nSPS) is 11.6. The van der Waals surface area contributed by atoms with Gasteiger partial charge in [0.05, 0.1) is 72.9 Å². The lowest BCUT2D eigenvalue weighted by Gasteiger charge is -2.24. The maximum Gasteiger partial charge on any atom is 0.341 e. The summed E-state index contributed by atoms with van der Waals surface area (Å²) in [7, 11) is -8.22. The summed E-state index contributed by atoms with van der Waals surface area (Å²) in [5.74, 6) is -1.20. The minimum Gasteiger partial charge on any atom is -0.506 e. The molecule has 0 aliphatic heterocycles. The predicted octanol–water partition coefficient (Wildman–Crippen LogP) is 10.9. The molecule has 0 unspecified atom stereocenters. The number of esters is 1. The summed E-state index contributed by atoms with van der Waals surface area (Å²) in [4.78, 5) is 121. The van der Waals surface area contributed by atoms with E-state index in [2.05, 4.69) is 39.8 Å². The molecule has 0 spiro atoms. The van der Waals surface area contributed by atoms with E-state index in [4.69, 9.17) is 34.5 Å². The van der Waals surface area contributed by atoms with Crippen LogP contribution in [0.1, 0.15) is 116 Å². The smallest absolute Gasteiger partial charge is 0.341 e. The number of pyridine rings is 10. The Bertz CT molecular complexity index is 6250. The van der Waals surface area contributed by atoms with Crippen LogP contribution >= 0.6 is 0 Å². The Labute approximate surface area is 707 Å². The summed E-state index contributed by atoms with van der Waals surface area (Å²) in [6.07, 6.45) is 15.4. The molecule has 0 aliphatic rings. The molecule has 0 saturated carbocycles. The second kappa shape index (κ2) is 45.0. The number of fused-ring (bicyclic) bond motifs is 5. The molecule has 0 radical (unpaired) electrons. The van der Waals surface area contributed by atoms with Crippen molar-refractivity contribution < 1.29 is 79.8 Å². The number of unbranched alkanes of at least 4 members (excludes halogenated alkanes) is 4. The summed E-state index contributed by atoms with van der Waals surface area (Å²) >= 11 is 0. The van der Waals surface area contributed by atoms with Gasteiger partial charge < -0.3 is 66.0 Å². The number of hydrogen-bond acceptors (Lipinski definition) is 21. The molecule has 12 rings (SSSR count). The number of benzene rings is 2. The third-order valence-electron chi connectivity index (χ3n) is 17.8. The van der Waals surface area contributed by atoms with E-state index in [-0.39, 0.29) is 49.3 Å². The van der Waals surface area contributed by atoms with Gasteiger partial charge in [0.1, 0.15) is 63.4 Å². The van der Waals surface area contributed by atoms with E-state index >= 15 is 0 Å². The lowest BCUT2D eigenvalue weighted by atomic mass is 10.2. The number of sulfonamides is 2. The van der Waals surface area contributed by atoms with Gasteiger partial charge in [-0.1, -0.05) is 95.8 Å². The number of nitrogen functional groups attached to an aromatic ring is 1. The molecule has 123 heavy (non-hydrogen) atoms. The number of ether oxygens (including phenoxy) is 5. The molecule has 0 aliphatic carbocycles. The molecule has 10 aromatic heterocycles. The fourth-order valence-electron chi connectivity index (χ4n) is 11.2. The number of nitrogens with zero attached hydrogens (tertiary/aromatic N) is 5. The number of aryl methyl sites for hydroxylation is 1. The number of carbonyl (C=O) groups excluding carboxylic acids is 3. The van der Waals surface area contributed by atoms with Crippen LogP contribution in [0, 0.1) is 6.92 Å². The minimum atomic E-state index is -4.12. The highest BCUT2D eigenvalue weighted by atomic mass is 32.2. The maximum atomic E-state index is 13.0. The highest BCUT2D eigenvalue weighted by Crippen LogP contribution is 2.21. The lowest BCUT2D eigenvalue weighted by molar-refractivity contribution is -0.156. The number of aliphatic carboxylic acids is 1. The van der Waals surface area contributed by atoms with Crippen LogP contribution in [0.5, 0.6) is 28.7 Å². The zero-order valence-electron chi connectivity index (χ0n) is 69.0. The first-order valence-corrected chi connectivity index (χ1v) is 42.2. The summed E-state index contributed by atoms with van der Waals surface area (Å²) < 4.78 is 89.4. The summed E-state index contributed by atoms with van der Waals surface area (Å²) in [6, 6.07) is 43.6. The Balaban J connectivity index is 0.000000202. The van der Waals surface area contributed by atoms with E-state index in [0.29, 0.717) is 71.5 Å². The van der Waals surface area contributed by atoms with Gasteiger partial charge in [-0.05, 0) is 193 Å². The monoisotopic (exact) mass is 1730 g/mol. The van der Waals surface area contributed by atoms with Gasteiger partial charge in [-0.3, -0.25) is 55.6 Å². The number of anilines is 3. The molecule has 12 aromatic rings. The number of nitrogens with one attached hydrogen (secondary N) is 6. The Hall–Kier alpha value is -13.8. The topological polar surface area (TPSA) is 466 Å². The van der Waals surface area contributed by atoms with Crippen molar-refractivity contribution >= 4 is 94.7 Å². The quantitative estimate of drug-likeness (QED) is 0.0142. The fraction of sp³-hybridized carbons (Fsp3) is 0.287. The molecule has 10 heterocycles. The molecular weight excluding hydrogens is 1630 g/mol. The molecule has 652 valence electrons. The maximum absolute atomic E-state index is 13.0. The van der Waals surface area contributed by atoms with Crippen LogP contribution in [0.3, 0.4) is 0 Å². The second-order valence-corrected chi connectivity index (χ2v) is 31.9. The van der Waals surface area contributed by atoms with Crippen molar-refractivity contribution in [2.24, 2.45) is 0 Å². The average molecular weight is 1730 g/mol. The molecule has 4 amide bonds. The van der Waals surface area contributed by atoms with Crippen LogP contribution in [0.25, 0.3) is 27.6 Å². The molecule has 36 heteroatoms. The van der Waals surface area contributed by atoms with Crippen LogP contribution in [-0.2, 0) is 34.4 Å². The number of rotatable bonds is 31. The number of urea groups is 2. The highest BCUT2D eigenvalue weighted by Gasteiger charge is 2.31. The van der Waals surface area contributed by atoms with Crippen LogP contribution in [-0.4, -0.2) is 141 Å². The molecule has 0 saturated heterocycles. The lowest BCUT2D eigenvalue weighted by Crippen LogP contribution is -2.51. The first-order chi connectivity index (χ1) is 58.6. The number of carboxylic acid groups (broad SMARTS) is 2. The van der Waals surface area contributed by atoms with E-state index in [1.165, 1.54) is 95.2 Å². The number of aromatic carboxylic acids is 1. The van der Waals surface area contributed by atoms with Gasteiger partial charge in [0.15, 0.2) is 0 Å². The van der Waals surface area contributed by atoms with Crippen LogP contribution < -0.4 is 83.2 Å². The Morgan fingerprint density at radius 2 is 0.764 bits per heavy atom. The zero-order chi connectivity index (χ0) is 89.6. The number of carboxylic acids is 2. The molecular formula is C87H100N12O22S2. The van der Waals surface area contributed by atoms with Gasteiger partial charge in [0.25, 0.3) is 27.8 Å². The molecule has 11 N–H and O–H groups in total. The van der Waals surface area contributed by atoms with Crippen LogP contribution in [0.2, 0.25) is 0 Å². The van der Waals surface area contributed by atoms with Gasteiger partial charge in [0, 0.05) is 46.2 Å². The first-order valence-electron chi connectivity index (χ1n) is 39.3. The van der Waals surface area contributed by atoms with Crippen LogP contribution in [0.4, 0.5) is 26.7 Å². The molecule has 0 fully saturated rings. The number of aromatic hydroxyl groups is 1.